The zero-order valence-electron chi connectivity index (χ0n) is 21.7. The molecule has 0 radical (unpaired) electrons. The van der Waals surface area contributed by atoms with Gasteiger partial charge in [-0.2, -0.15) is 0 Å². The highest BCUT2D eigenvalue weighted by molar-refractivity contribution is 5.79. The Kier molecular flexibility index (Phi) is 9.52. The van der Waals surface area contributed by atoms with Crippen molar-refractivity contribution < 1.29 is 24.5 Å². The molecule has 0 spiro atoms. The molecule has 1 aromatic heterocycles. The molecule has 0 unspecified atom stereocenters. The second-order valence-electron chi connectivity index (χ2n) is 10.1. The topological polar surface area (TPSA) is 103 Å². The monoisotopic (exact) mass is 509 g/mol. The summed E-state index contributed by atoms with van der Waals surface area (Å²) in [6.07, 6.45) is 8.12. The van der Waals surface area contributed by atoms with E-state index in [0.29, 0.717) is 39.1 Å². The van der Waals surface area contributed by atoms with Crippen molar-refractivity contribution in [3.05, 3.63) is 59.4 Å². The van der Waals surface area contributed by atoms with Crippen LogP contribution in [0.4, 0.5) is 0 Å². The molecule has 4 rings (SSSR count). The van der Waals surface area contributed by atoms with Gasteiger partial charge in [-0.25, -0.2) is 0 Å². The summed E-state index contributed by atoms with van der Waals surface area (Å²) in [6.45, 7) is 4.66. The predicted octanol–water partition coefficient (Wildman–Crippen LogP) is 3.13. The van der Waals surface area contributed by atoms with Gasteiger partial charge in [0, 0.05) is 57.0 Å². The van der Waals surface area contributed by atoms with Gasteiger partial charge in [-0.1, -0.05) is 25.5 Å². The molecular formula is C29H39N3O5. The van der Waals surface area contributed by atoms with Crippen molar-refractivity contribution in [3.63, 3.8) is 0 Å². The highest BCUT2D eigenvalue weighted by Crippen LogP contribution is 2.41. The van der Waals surface area contributed by atoms with E-state index in [1.807, 2.05) is 29.2 Å². The number of rotatable bonds is 13. The second-order valence-corrected chi connectivity index (χ2v) is 10.1. The summed E-state index contributed by atoms with van der Waals surface area (Å²) in [5, 5.41) is 19.7. The number of carbonyl (C=O) groups excluding carboxylic acids is 1. The Labute approximate surface area is 219 Å². The van der Waals surface area contributed by atoms with E-state index in [2.05, 4.69) is 22.9 Å². The van der Waals surface area contributed by atoms with Crippen LogP contribution in [0.1, 0.15) is 55.2 Å². The van der Waals surface area contributed by atoms with Crippen LogP contribution >= 0.6 is 0 Å². The molecule has 0 saturated carbocycles. The third-order valence-electron chi connectivity index (χ3n) is 7.71. The van der Waals surface area contributed by atoms with Crippen molar-refractivity contribution in [2.75, 3.05) is 39.4 Å². The van der Waals surface area contributed by atoms with E-state index in [1.165, 1.54) is 0 Å². The molecule has 1 saturated heterocycles. The summed E-state index contributed by atoms with van der Waals surface area (Å²) >= 11 is 0. The van der Waals surface area contributed by atoms with Crippen LogP contribution in [0.15, 0.2) is 42.7 Å². The third kappa shape index (κ3) is 6.67. The van der Waals surface area contributed by atoms with Crippen molar-refractivity contribution in [1.82, 2.24) is 14.8 Å². The molecule has 2 aliphatic rings. The van der Waals surface area contributed by atoms with Crippen LogP contribution in [0.2, 0.25) is 0 Å². The number of aryl methyl sites for hydroxylation is 1. The molecule has 1 amide bonds. The lowest BCUT2D eigenvalue weighted by molar-refractivity contribution is -0.143. The zero-order chi connectivity index (χ0) is 26.2. The van der Waals surface area contributed by atoms with Crippen LogP contribution in [0.25, 0.3) is 0 Å². The third-order valence-corrected chi connectivity index (χ3v) is 7.71. The Balaban J connectivity index is 1.59. The summed E-state index contributed by atoms with van der Waals surface area (Å²) in [6, 6.07) is 9.69. The molecule has 200 valence electrons. The highest BCUT2D eigenvalue weighted by atomic mass is 16.5. The molecule has 2 aliphatic heterocycles. The number of ether oxygens (including phenoxy) is 1. The Morgan fingerprint density at radius 2 is 1.95 bits per heavy atom. The van der Waals surface area contributed by atoms with Crippen LogP contribution in [0.3, 0.4) is 0 Å². The Hall–Kier alpha value is -2.97. The first kappa shape index (κ1) is 27.1. The number of pyridine rings is 1. The van der Waals surface area contributed by atoms with Gasteiger partial charge in [0.05, 0.1) is 19.1 Å². The second kappa shape index (κ2) is 13.0. The average Bonchev–Trinajstić information content (AvgIpc) is 3.52. The maximum Gasteiger partial charge on any atom is 0.308 e. The van der Waals surface area contributed by atoms with Gasteiger partial charge in [0.25, 0.3) is 0 Å². The van der Waals surface area contributed by atoms with Crippen molar-refractivity contribution >= 4 is 11.9 Å². The number of hydrogen-bond acceptors (Lipinski definition) is 6. The van der Waals surface area contributed by atoms with Gasteiger partial charge in [-0.3, -0.25) is 19.5 Å². The fourth-order valence-electron chi connectivity index (χ4n) is 5.74. The molecule has 37 heavy (non-hydrogen) atoms. The first-order valence-electron chi connectivity index (χ1n) is 13.5. The van der Waals surface area contributed by atoms with Crippen molar-refractivity contribution in [2.24, 2.45) is 5.92 Å². The van der Waals surface area contributed by atoms with Crippen molar-refractivity contribution in [3.8, 4) is 5.75 Å². The molecule has 3 heterocycles. The van der Waals surface area contributed by atoms with Gasteiger partial charge in [0.1, 0.15) is 5.75 Å². The number of likely N-dealkylation sites (tertiary alicyclic amines) is 1. The number of hydrogen-bond donors (Lipinski definition) is 2. The molecule has 0 bridgehead atoms. The quantitative estimate of drug-likeness (QED) is 0.428. The van der Waals surface area contributed by atoms with E-state index in [9.17, 15) is 19.8 Å². The van der Waals surface area contributed by atoms with Gasteiger partial charge < -0.3 is 19.8 Å². The largest absolute Gasteiger partial charge is 0.493 e. The molecule has 1 aromatic carbocycles. The molecule has 2 aromatic rings. The number of carbonyl (C=O) groups is 2. The number of nitrogens with zero attached hydrogens (tertiary/aromatic N) is 3. The standard InChI is InChI=1S/C29H39N3O5/c1-2-3-14-31(15-4-16-33)27(34)20-32-19-24(22-6-8-26-23(18-22)11-17-37-26)28(29(35)36)25(32)7-5-21-9-12-30-13-10-21/h6,8-10,12-13,18,24-25,28,33H,2-5,7,11,14-17,19-20H2,1H3,(H,35,36)/t24-,25+,28-/m1/s1. The van der Waals surface area contributed by atoms with E-state index >= 15 is 0 Å². The molecule has 8 heteroatoms. The number of aliphatic hydroxyl groups excluding tert-OH is 1. The molecule has 3 atom stereocenters. The minimum absolute atomic E-state index is 0.00273. The lowest BCUT2D eigenvalue weighted by Gasteiger charge is -2.29. The number of aliphatic hydroxyl groups is 1. The molecule has 8 nitrogen and oxygen atoms in total. The van der Waals surface area contributed by atoms with Crippen LogP contribution < -0.4 is 4.74 Å². The molecule has 2 N–H and O–H groups in total. The number of carboxylic acid groups (broad SMARTS) is 1. The van der Waals surface area contributed by atoms with E-state index in [0.717, 1.165) is 48.1 Å². The minimum Gasteiger partial charge on any atom is -0.493 e. The number of fused-ring (bicyclic) bond motifs is 1. The normalized spacial score (nSPS) is 21.0. The fraction of sp³-hybridized carbons (Fsp3) is 0.552. The minimum atomic E-state index is -0.820. The Bertz CT molecular complexity index is 1040. The number of aliphatic carboxylic acids is 1. The van der Waals surface area contributed by atoms with Crippen LogP contribution in [0, 0.1) is 5.92 Å². The van der Waals surface area contributed by atoms with E-state index in [-0.39, 0.29) is 31.0 Å². The molecule has 0 aliphatic carbocycles. The van der Waals surface area contributed by atoms with Gasteiger partial charge in [-0.05, 0) is 60.6 Å². The van der Waals surface area contributed by atoms with E-state index < -0.39 is 11.9 Å². The van der Waals surface area contributed by atoms with E-state index in [1.54, 1.807) is 12.4 Å². The number of carboxylic acids is 1. The summed E-state index contributed by atoms with van der Waals surface area (Å²) in [5.74, 6) is -0.760. The van der Waals surface area contributed by atoms with Crippen LogP contribution in [0.5, 0.6) is 5.75 Å². The highest BCUT2D eigenvalue weighted by Gasteiger charge is 2.47. The Morgan fingerprint density at radius 1 is 1.16 bits per heavy atom. The summed E-state index contributed by atoms with van der Waals surface area (Å²) < 4.78 is 5.66. The van der Waals surface area contributed by atoms with Gasteiger partial charge in [-0.15, -0.1) is 0 Å². The average molecular weight is 510 g/mol. The first-order chi connectivity index (χ1) is 18.0. The number of unbranched alkanes of at least 4 members (excludes halogenated alkanes) is 1. The number of amides is 1. The van der Waals surface area contributed by atoms with Crippen molar-refractivity contribution in [2.45, 2.75) is 57.4 Å². The molecule has 1 fully saturated rings. The summed E-state index contributed by atoms with van der Waals surface area (Å²) in [7, 11) is 0. The summed E-state index contributed by atoms with van der Waals surface area (Å²) in [5.41, 5.74) is 3.24. The van der Waals surface area contributed by atoms with E-state index in [4.69, 9.17) is 4.74 Å². The first-order valence-corrected chi connectivity index (χ1v) is 13.5. The van der Waals surface area contributed by atoms with Gasteiger partial charge in [0.2, 0.25) is 5.91 Å². The number of benzene rings is 1. The van der Waals surface area contributed by atoms with Gasteiger partial charge in [0.15, 0.2) is 0 Å². The van der Waals surface area contributed by atoms with Crippen molar-refractivity contribution in [1.29, 1.82) is 0 Å². The Morgan fingerprint density at radius 3 is 2.68 bits per heavy atom. The zero-order valence-corrected chi connectivity index (χ0v) is 21.7. The maximum absolute atomic E-state index is 13.4. The predicted molar refractivity (Wildman–Crippen MR) is 141 cm³/mol. The lowest BCUT2D eigenvalue weighted by Crippen LogP contribution is -2.45. The van der Waals surface area contributed by atoms with Crippen LogP contribution in [-0.2, 0) is 22.4 Å². The SMILES string of the molecule is CCCCN(CCCO)C(=O)CN1C[C@H](c2ccc3c(c2)CCO3)[C@@H](C(=O)O)[C@@H]1CCc1ccncc1. The van der Waals surface area contributed by atoms with Crippen LogP contribution in [-0.4, -0.2) is 82.3 Å². The smallest absolute Gasteiger partial charge is 0.308 e. The van der Waals surface area contributed by atoms with Gasteiger partial charge >= 0.3 is 5.97 Å². The number of aromatic nitrogens is 1. The molecular weight excluding hydrogens is 470 g/mol. The maximum atomic E-state index is 13.4. The fourth-order valence-corrected chi connectivity index (χ4v) is 5.74. The lowest BCUT2D eigenvalue weighted by atomic mass is 9.83. The summed E-state index contributed by atoms with van der Waals surface area (Å²) in [4.78, 5) is 34.1.